The minimum absolute atomic E-state index is 0.588. The largest absolute Gasteiger partial charge is 0.380 e. The van der Waals surface area contributed by atoms with Crippen LogP contribution in [0.3, 0.4) is 0 Å². The molecule has 2 atom stereocenters. The molecule has 2 unspecified atom stereocenters. The molecule has 0 aromatic heterocycles. The van der Waals surface area contributed by atoms with Crippen LogP contribution in [0.25, 0.3) is 0 Å². The van der Waals surface area contributed by atoms with Gasteiger partial charge in [-0.2, -0.15) is 0 Å². The molecule has 1 aromatic carbocycles. The summed E-state index contributed by atoms with van der Waals surface area (Å²) in [5.74, 6) is 1.56. The van der Waals surface area contributed by atoms with Gasteiger partial charge in [0.05, 0.1) is 6.61 Å². The average Bonchev–Trinajstić information content (AvgIpc) is 3.07. The molecular formula is C15H23NO. The van der Waals surface area contributed by atoms with Gasteiger partial charge in [0.2, 0.25) is 0 Å². The highest BCUT2D eigenvalue weighted by Gasteiger charge is 2.38. The molecule has 2 heteroatoms. The summed E-state index contributed by atoms with van der Waals surface area (Å²) in [4.78, 5) is 0. The fourth-order valence-corrected chi connectivity index (χ4v) is 2.42. The van der Waals surface area contributed by atoms with E-state index in [1.807, 2.05) is 0 Å². The van der Waals surface area contributed by atoms with E-state index in [1.165, 1.54) is 17.5 Å². The smallest absolute Gasteiger partial charge is 0.0715 e. The summed E-state index contributed by atoms with van der Waals surface area (Å²) in [6.07, 6.45) is 1.32. The Labute approximate surface area is 104 Å². The number of hydrogen-bond acceptors (Lipinski definition) is 2. The number of ether oxygens (including phenoxy) is 1. The van der Waals surface area contributed by atoms with Crippen LogP contribution in [0.2, 0.25) is 0 Å². The van der Waals surface area contributed by atoms with Crippen molar-refractivity contribution in [3.05, 3.63) is 35.4 Å². The molecule has 2 nitrogen and oxygen atoms in total. The Kier molecular flexibility index (Phi) is 4.19. The Morgan fingerprint density at radius 2 is 2.12 bits per heavy atom. The second-order valence-corrected chi connectivity index (χ2v) is 5.30. The zero-order valence-electron chi connectivity index (χ0n) is 11.1. The van der Waals surface area contributed by atoms with E-state index in [9.17, 15) is 0 Å². The van der Waals surface area contributed by atoms with Crippen molar-refractivity contribution in [1.82, 2.24) is 5.32 Å². The molecule has 1 fully saturated rings. The van der Waals surface area contributed by atoms with Crippen molar-refractivity contribution in [2.24, 2.45) is 5.92 Å². The molecule has 1 aliphatic rings. The molecule has 1 N–H and O–H groups in total. The molecule has 1 aromatic rings. The first-order valence-corrected chi connectivity index (χ1v) is 6.52. The summed E-state index contributed by atoms with van der Waals surface area (Å²) in [7, 11) is 1.77. The van der Waals surface area contributed by atoms with E-state index in [-0.39, 0.29) is 0 Å². The van der Waals surface area contributed by atoms with Crippen LogP contribution in [-0.2, 0) is 11.3 Å². The quantitative estimate of drug-likeness (QED) is 0.815. The molecule has 0 amide bonds. The van der Waals surface area contributed by atoms with Gasteiger partial charge in [-0.3, -0.25) is 0 Å². The molecule has 2 rings (SSSR count). The van der Waals surface area contributed by atoms with Crippen LogP contribution < -0.4 is 5.32 Å². The van der Waals surface area contributed by atoms with Gasteiger partial charge in [0, 0.05) is 13.2 Å². The third-order valence-electron chi connectivity index (χ3n) is 3.47. The standard InChI is InChI=1S/C15H23NO/c1-11(2)16-9-13-8-15(13)14-7-5-4-6-12(14)10-17-3/h4-7,11,13,15-16H,8-10H2,1-3H3. The van der Waals surface area contributed by atoms with Crippen LogP contribution in [0.1, 0.15) is 37.3 Å². The van der Waals surface area contributed by atoms with Gasteiger partial charge in [-0.15, -0.1) is 0 Å². The third kappa shape index (κ3) is 3.30. The summed E-state index contributed by atoms with van der Waals surface area (Å²) in [5.41, 5.74) is 2.84. The van der Waals surface area contributed by atoms with Crippen molar-refractivity contribution >= 4 is 0 Å². The first kappa shape index (κ1) is 12.6. The van der Waals surface area contributed by atoms with Crippen LogP contribution in [-0.4, -0.2) is 19.7 Å². The molecule has 0 saturated heterocycles. The summed E-state index contributed by atoms with van der Waals surface area (Å²) >= 11 is 0. The van der Waals surface area contributed by atoms with E-state index in [0.29, 0.717) is 6.04 Å². The van der Waals surface area contributed by atoms with Crippen LogP contribution in [0.15, 0.2) is 24.3 Å². The molecule has 94 valence electrons. The SMILES string of the molecule is COCc1ccccc1C1CC1CNC(C)C. The van der Waals surface area contributed by atoms with Crippen LogP contribution >= 0.6 is 0 Å². The van der Waals surface area contributed by atoms with Crippen molar-refractivity contribution in [3.63, 3.8) is 0 Å². The third-order valence-corrected chi connectivity index (χ3v) is 3.47. The maximum absolute atomic E-state index is 5.26. The molecule has 1 saturated carbocycles. The number of nitrogens with one attached hydrogen (secondary N) is 1. The zero-order valence-corrected chi connectivity index (χ0v) is 11.1. The summed E-state index contributed by atoms with van der Waals surface area (Å²) in [6, 6.07) is 9.27. The van der Waals surface area contributed by atoms with Crippen molar-refractivity contribution < 1.29 is 4.74 Å². The molecule has 17 heavy (non-hydrogen) atoms. The minimum atomic E-state index is 0.588. The van der Waals surface area contributed by atoms with Gasteiger partial charge < -0.3 is 10.1 Å². The Hall–Kier alpha value is -0.860. The summed E-state index contributed by atoms with van der Waals surface area (Å²) < 4.78 is 5.26. The van der Waals surface area contributed by atoms with Crippen molar-refractivity contribution in [1.29, 1.82) is 0 Å². The predicted octanol–water partition coefficient (Wildman–Crippen LogP) is 2.93. The highest BCUT2D eigenvalue weighted by Crippen LogP contribution is 2.48. The number of rotatable bonds is 6. The number of hydrogen-bond donors (Lipinski definition) is 1. The lowest BCUT2D eigenvalue weighted by Gasteiger charge is -2.10. The Bertz CT molecular complexity index is 362. The van der Waals surface area contributed by atoms with E-state index >= 15 is 0 Å². The fourth-order valence-electron chi connectivity index (χ4n) is 2.42. The Morgan fingerprint density at radius 3 is 2.82 bits per heavy atom. The highest BCUT2D eigenvalue weighted by molar-refractivity contribution is 5.34. The fraction of sp³-hybridized carbons (Fsp3) is 0.600. The normalized spacial score (nSPS) is 23.1. The van der Waals surface area contributed by atoms with Gasteiger partial charge in [-0.1, -0.05) is 38.1 Å². The molecule has 0 spiro atoms. The van der Waals surface area contributed by atoms with Gasteiger partial charge in [0.15, 0.2) is 0 Å². The Balaban J connectivity index is 1.95. The molecule has 1 aliphatic carbocycles. The number of methoxy groups -OCH3 is 1. The first-order valence-electron chi connectivity index (χ1n) is 6.52. The Morgan fingerprint density at radius 1 is 1.35 bits per heavy atom. The van der Waals surface area contributed by atoms with Crippen LogP contribution in [0.5, 0.6) is 0 Å². The van der Waals surface area contributed by atoms with Crippen molar-refractivity contribution in [2.45, 2.75) is 38.8 Å². The van der Waals surface area contributed by atoms with E-state index in [4.69, 9.17) is 4.74 Å². The van der Waals surface area contributed by atoms with E-state index in [2.05, 4.69) is 43.4 Å². The van der Waals surface area contributed by atoms with Gasteiger partial charge >= 0.3 is 0 Å². The number of benzene rings is 1. The van der Waals surface area contributed by atoms with Crippen molar-refractivity contribution in [2.75, 3.05) is 13.7 Å². The molecule has 0 heterocycles. The summed E-state index contributed by atoms with van der Waals surface area (Å²) in [6.45, 7) is 6.28. The highest BCUT2D eigenvalue weighted by atomic mass is 16.5. The maximum atomic E-state index is 5.26. The monoisotopic (exact) mass is 233 g/mol. The lowest BCUT2D eigenvalue weighted by atomic mass is 10.0. The van der Waals surface area contributed by atoms with E-state index in [1.54, 1.807) is 7.11 Å². The van der Waals surface area contributed by atoms with Crippen LogP contribution in [0.4, 0.5) is 0 Å². The zero-order chi connectivity index (χ0) is 12.3. The molecule has 0 radical (unpaired) electrons. The minimum Gasteiger partial charge on any atom is -0.380 e. The van der Waals surface area contributed by atoms with Gasteiger partial charge in [-0.05, 0) is 35.9 Å². The summed E-state index contributed by atoms with van der Waals surface area (Å²) in [5, 5.41) is 3.53. The molecule has 0 bridgehead atoms. The van der Waals surface area contributed by atoms with E-state index < -0.39 is 0 Å². The average molecular weight is 233 g/mol. The second-order valence-electron chi connectivity index (χ2n) is 5.30. The van der Waals surface area contributed by atoms with Gasteiger partial charge in [-0.25, -0.2) is 0 Å². The van der Waals surface area contributed by atoms with Gasteiger partial charge in [0.25, 0.3) is 0 Å². The second kappa shape index (κ2) is 5.65. The molecule has 0 aliphatic heterocycles. The van der Waals surface area contributed by atoms with E-state index in [0.717, 1.165) is 25.0 Å². The topological polar surface area (TPSA) is 21.3 Å². The first-order chi connectivity index (χ1) is 8.22. The molecular weight excluding hydrogens is 210 g/mol. The van der Waals surface area contributed by atoms with Crippen molar-refractivity contribution in [3.8, 4) is 0 Å². The lowest BCUT2D eigenvalue weighted by molar-refractivity contribution is 0.184. The lowest BCUT2D eigenvalue weighted by Crippen LogP contribution is -2.25. The maximum Gasteiger partial charge on any atom is 0.0715 e. The van der Waals surface area contributed by atoms with Gasteiger partial charge in [0.1, 0.15) is 0 Å². The predicted molar refractivity (Wildman–Crippen MR) is 71.1 cm³/mol. The van der Waals surface area contributed by atoms with Crippen LogP contribution in [0, 0.1) is 5.92 Å².